The van der Waals surface area contributed by atoms with Crippen LogP contribution >= 0.6 is 0 Å². The summed E-state index contributed by atoms with van der Waals surface area (Å²) in [5.74, 6) is 37.4. The number of urea groups is 1. The summed E-state index contributed by atoms with van der Waals surface area (Å²) < 4.78 is 15.3. The molecule has 8 heteroatoms. The number of ether oxygens (including phenoxy) is 3. The Morgan fingerprint density at radius 1 is 0.588 bits per heavy atom. The van der Waals surface area contributed by atoms with E-state index >= 15 is 0 Å². The van der Waals surface area contributed by atoms with E-state index in [-0.39, 0.29) is 13.2 Å². The highest BCUT2D eigenvalue weighted by Gasteiger charge is 2.09. The van der Waals surface area contributed by atoms with Crippen LogP contribution in [-0.4, -0.2) is 44.3 Å². The Morgan fingerprint density at radius 3 is 1.59 bits per heavy atom. The number of rotatable bonds is 19. The molecule has 0 aliphatic carbocycles. The van der Waals surface area contributed by atoms with Gasteiger partial charge in [-0.25, -0.2) is 9.59 Å². The third kappa shape index (κ3) is 28.0. The number of amides is 2. The van der Waals surface area contributed by atoms with E-state index in [2.05, 4.69) is 135 Å². The predicted octanol–water partition coefficient (Wildman–Crippen LogP) is 4.53. The van der Waals surface area contributed by atoms with Crippen molar-refractivity contribution in [2.24, 2.45) is 0 Å². The van der Waals surface area contributed by atoms with Crippen LogP contribution in [0.4, 0.5) is 4.79 Å². The molecule has 0 saturated heterocycles. The second-order valence-corrected chi connectivity index (χ2v) is 10.3. The molecule has 0 atom stereocenters. The van der Waals surface area contributed by atoms with Gasteiger partial charge in [-0.2, -0.15) is 0 Å². The van der Waals surface area contributed by atoms with E-state index in [0.29, 0.717) is 5.75 Å². The van der Waals surface area contributed by atoms with E-state index < -0.39 is 31.1 Å². The molecule has 258 valence electrons. The fraction of sp³-hybridized carbons (Fsp3) is 0.372. The summed E-state index contributed by atoms with van der Waals surface area (Å²) >= 11 is 0. The molecular formula is C43H40N2O6. The zero-order valence-electron chi connectivity index (χ0n) is 28.9. The first-order chi connectivity index (χ1) is 25.0. The van der Waals surface area contributed by atoms with Crippen LogP contribution in [0.1, 0.15) is 76.7 Å². The van der Waals surface area contributed by atoms with Gasteiger partial charge >= 0.3 is 18.0 Å². The SMILES string of the molecule is C#CC#CC#CC#CC#CC#CC#CC#CC#COC(=O)CNC(=O)NCC(=O)OCCOc1ccc(CCCCCCCCCCCC)cc1. The minimum absolute atomic E-state index is 0.0162. The van der Waals surface area contributed by atoms with Gasteiger partial charge in [-0.15, -0.1) is 6.42 Å². The average Bonchev–Trinajstić information content (AvgIpc) is 3.14. The van der Waals surface area contributed by atoms with Crippen LogP contribution in [-0.2, 0) is 25.5 Å². The molecule has 0 unspecified atom stereocenters. The predicted molar refractivity (Wildman–Crippen MR) is 197 cm³/mol. The van der Waals surface area contributed by atoms with Gasteiger partial charge in [-0.1, -0.05) is 76.8 Å². The van der Waals surface area contributed by atoms with Gasteiger partial charge in [-0.3, -0.25) is 4.79 Å². The summed E-state index contributed by atoms with van der Waals surface area (Å²) in [6, 6.07) is 7.17. The fourth-order valence-electron chi connectivity index (χ4n) is 3.89. The minimum atomic E-state index is -0.837. The van der Waals surface area contributed by atoms with Crippen molar-refractivity contribution in [3.63, 3.8) is 0 Å². The highest BCUT2D eigenvalue weighted by atomic mass is 16.6. The highest BCUT2D eigenvalue weighted by Crippen LogP contribution is 2.16. The van der Waals surface area contributed by atoms with Crippen LogP contribution in [0, 0.1) is 107 Å². The number of carbonyl (C=O) groups excluding carboxylic acids is 3. The number of unbranched alkanes of at least 4 members (excludes halogenated alkanes) is 9. The second-order valence-electron chi connectivity index (χ2n) is 10.3. The van der Waals surface area contributed by atoms with E-state index in [4.69, 9.17) is 15.9 Å². The van der Waals surface area contributed by atoms with E-state index in [1.54, 1.807) is 0 Å². The topological polar surface area (TPSA) is 103 Å². The first kappa shape index (κ1) is 42.3. The number of nitrogens with one attached hydrogen (secondary N) is 2. The lowest BCUT2D eigenvalue weighted by molar-refractivity contribution is -0.143. The molecule has 1 aromatic rings. The number of carbonyl (C=O) groups is 3. The van der Waals surface area contributed by atoms with Crippen LogP contribution in [0.3, 0.4) is 0 Å². The largest absolute Gasteiger partial charge is 0.490 e. The van der Waals surface area contributed by atoms with Gasteiger partial charge in [0.05, 0.1) is 0 Å². The van der Waals surface area contributed by atoms with Gasteiger partial charge in [0.2, 0.25) is 0 Å². The van der Waals surface area contributed by atoms with Gasteiger partial charge < -0.3 is 24.8 Å². The Bertz CT molecular complexity index is 1830. The van der Waals surface area contributed by atoms with Crippen LogP contribution in [0.15, 0.2) is 24.3 Å². The average molecular weight is 681 g/mol. The molecule has 1 rings (SSSR count). The number of aryl methyl sites for hydroxylation is 1. The first-order valence-electron chi connectivity index (χ1n) is 16.6. The maximum Gasteiger partial charge on any atom is 0.339 e. The molecule has 1 aromatic carbocycles. The lowest BCUT2D eigenvalue weighted by Crippen LogP contribution is -2.41. The van der Waals surface area contributed by atoms with Crippen LogP contribution in [0.5, 0.6) is 5.75 Å². The van der Waals surface area contributed by atoms with Crippen molar-refractivity contribution >= 4 is 18.0 Å². The van der Waals surface area contributed by atoms with Gasteiger partial charge in [0.1, 0.15) is 38.2 Å². The van der Waals surface area contributed by atoms with E-state index in [0.717, 1.165) is 6.42 Å². The maximum atomic E-state index is 11.9. The third-order valence-corrected chi connectivity index (χ3v) is 6.31. The second kappa shape index (κ2) is 31.8. The molecule has 0 spiro atoms. The Hall–Kier alpha value is -6.73. The molecule has 0 saturated carbocycles. The molecule has 0 fully saturated rings. The van der Waals surface area contributed by atoms with E-state index in [9.17, 15) is 14.4 Å². The highest BCUT2D eigenvalue weighted by molar-refractivity contribution is 5.84. The van der Waals surface area contributed by atoms with Gasteiger partial charge in [0, 0.05) is 47.4 Å². The number of hydrogen-bond acceptors (Lipinski definition) is 6. The first-order valence-corrected chi connectivity index (χ1v) is 16.6. The number of terminal acetylenes is 1. The van der Waals surface area contributed by atoms with Crippen molar-refractivity contribution in [1.29, 1.82) is 0 Å². The molecule has 0 aromatic heterocycles. The molecule has 0 radical (unpaired) electrons. The molecule has 0 bridgehead atoms. The number of benzene rings is 1. The maximum absolute atomic E-state index is 11.9. The Balaban J connectivity index is 2.12. The number of esters is 2. The lowest BCUT2D eigenvalue weighted by Gasteiger charge is -2.09. The van der Waals surface area contributed by atoms with E-state index in [1.165, 1.54) is 69.8 Å². The molecule has 0 heterocycles. The summed E-state index contributed by atoms with van der Waals surface area (Å²) in [6.45, 7) is 1.56. The van der Waals surface area contributed by atoms with E-state index in [1.807, 2.05) is 12.1 Å². The smallest absolute Gasteiger partial charge is 0.339 e. The third-order valence-electron chi connectivity index (χ3n) is 6.31. The van der Waals surface area contributed by atoms with Crippen molar-refractivity contribution in [1.82, 2.24) is 10.6 Å². The van der Waals surface area contributed by atoms with Gasteiger partial charge in [0.25, 0.3) is 0 Å². The normalized spacial score (nSPS) is 8.24. The molecule has 2 amide bonds. The monoisotopic (exact) mass is 680 g/mol. The van der Waals surface area contributed by atoms with Gasteiger partial charge in [-0.05, 0) is 77.9 Å². The quantitative estimate of drug-likeness (QED) is 0.127. The molecule has 0 aliphatic heterocycles. The van der Waals surface area contributed by atoms with Crippen molar-refractivity contribution in [3.8, 4) is 113 Å². The van der Waals surface area contributed by atoms with Crippen LogP contribution in [0.2, 0.25) is 0 Å². The summed E-state index contributed by atoms with van der Waals surface area (Å²) in [6.07, 6.45) is 21.2. The standard InChI is InChI=1S/C43H40N2O6/c1-3-5-7-9-11-13-15-16-17-18-19-20-22-24-26-28-34-50-41(46)37-44-43(48)45-38-42(47)51-36-35-49-40-32-30-39(31-33-40)29-27-25-23-21-14-12-10-8-6-4-2/h1,30-33H,4,6,8,10,12,14,21,23,25,27,29,35-38H2,2H3,(H2,44,45,48). The van der Waals surface area contributed by atoms with Crippen molar-refractivity contribution in [2.45, 2.75) is 77.6 Å². The minimum Gasteiger partial charge on any atom is -0.490 e. The molecule has 51 heavy (non-hydrogen) atoms. The van der Waals surface area contributed by atoms with Crippen molar-refractivity contribution in [3.05, 3.63) is 29.8 Å². The van der Waals surface area contributed by atoms with Crippen LogP contribution < -0.4 is 15.4 Å². The Morgan fingerprint density at radius 2 is 1.06 bits per heavy atom. The van der Waals surface area contributed by atoms with Crippen LogP contribution in [0.25, 0.3) is 0 Å². The Labute approximate surface area is 303 Å². The zero-order chi connectivity index (χ0) is 36.9. The van der Waals surface area contributed by atoms with Crippen molar-refractivity contribution < 1.29 is 28.6 Å². The Kier molecular flexibility index (Phi) is 26.4. The summed E-state index contributed by atoms with van der Waals surface area (Å²) in [4.78, 5) is 35.4. The number of hydrogen-bond donors (Lipinski definition) is 2. The molecule has 2 N–H and O–H groups in total. The molecule has 0 aliphatic rings. The summed E-state index contributed by atoms with van der Waals surface area (Å²) in [5.41, 5.74) is 1.27. The molecule has 8 nitrogen and oxygen atoms in total. The summed E-state index contributed by atoms with van der Waals surface area (Å²) in [5, 5.41) is 4.51. The van der Waals surface area contributed by atoms with Gasteiger partial charge in [0.15, 0.2) is 0 Å². The summed E-state index contributed by atoms with van der Waals surface area (Å²) in [7, 11) is 0. The van der Waals surface area contributed by atoms with Crippen molar-refractivity contribution in [2.75, 3.05) is 26.3 Å². The lowest BCUT2D eigenvalue weighted by atomic mass is 10.0. The zero-order valence-corrected chi connectivity index (χ0v) is 28.9. The fourth-order valence-corrected chi connectivity index (χ4v) is 3.89. The molecular weight excluding hydrogens is 640 g/mol.